The van der Waals surface area contributed by atoms with Crippen LogP contribution in [-0.4, -0.2) is 32.6 Å². The highest BCUT2D eigenvalue weighted by atomic mass is 35.5. The molecule has 5 nitrogen and oxygen atoms in total. The number of thiophene rings is 1. The number of nitrogens with zero attached hydrogens (tertiary/aromatic N) is 4. The highest BCUT2D eigenvalue weighted by Gasteiger charge is 2.28. The van der Waals surface area contributed by atoms with Crippen molar-refractivity contribution in [3.63, 3.8) is 0 Å². The molecule has 0 bridgehead atoms. The van der Waals surface area contributed by atoms with Crippen molar-refractivity contribution >= 4 is 38.9 Å². The van der Waals surface area contributed by atoms with Gasteiger partial charge in [-0.05, 0) is 12.5 Å². The zero-order valence-electron chi connectivity index (χ0n) is 13.3. The van der Waals surface area contributed by atoms with Gasteiger partial charge in [-0.15, -0.1) is 11.3 Å². The molecule has 24 heavy (non-hydrogen) atoms. The molecule has 2 aromatic heterocycles. The predicted molar refractivity (Wildman–Crippen MR) is 95.1 cm³/mol. The van der Waals surface area contributed by atoms with E-state index in [4.69, 9.17) is 11.6 Å². The molecule has 3 heterocycles. The highest BCUT2D eigenvalue weighted by Crippen LogP contribution is 2.36. The predicted octanol–water partition coefficient (Wildman–Crippen LogP) is 3.37. The van der Waals surface area contributed by atoms with Crippen molar-refractivity contribution in [1.82, 2.24) is 19.7 Å². The van der Waals surface area contributed by atoms with E-state index in [1.54, 1.807) is 22.6 Å². The molecular formula is C17H17ClN4OS. The number of hydrogen-bond donors (Lipinski definition) is 0. The lowest BCUT2D eigenvalue weighted by Gasteiger charge is -2.26. The summed E-state index contributed by atoms with van der Waals surface area (Å²) in [6, 6.07) is 8.07. The second kappa shape index (κ2) is 6.18. The van der Waals surface area contributed by atoms with E-state index in [2.05, 4.69) is 16.1 Å². The van der Waals surface area contributed by atoms with Crippen LogP contribution in [0.1, 0.15) is 17.1 Å². The lowest BCUT2D eigenvalue weighted by molar-refractivity contribution is -0.135. The smallest absolute Gasteiger partial charge is 0.227 e. The van der Waals surface area contributed by atoms with Crippen LogP contribution in [0.2, 0.25) is 5.02 Å². The third-order valence-electron chi connectivity index (χ3n) is 4.51. The second-order valence-corrected chi connectivity index (χ2v) is 7.64. The molecule has 0 N–H and O–H groups in total. The molecule has 1 aliphatic heterocycles. The first-order valence-corrected chi connectivity index (χ1v) is 9.10. The van der Waals surface area contributed by atoms with E-state index in [-0.39, 0.29) is 11.8 Å². The molecule has 1 aliphatic rings. The summed E-state index contributed by atoms with van der Waals surface area (Å²) in [5.41, 5.74) is 0. The molecule has 1 aromatic carbocycles. The molecule has 1 atom stereocenters. The fourth-order valence-corrected chi connectivity index (χ4v) is 4.76. The van der Waals surface area contributed by atoms with Crippen LogP contribution in [0.3, 0.4) is 0 Å². The van der Waals surface area contributed by atoms with Crippen molar-refractivity contribution in [2.75, 3.05) is 7.05 Å². The van der Waals surface area contributed by atoms with Crippen LogP contribution in [0, 0.1) is 5.92 Å². The van der Waals surface area contributed by atoms with Crippen molar-refractivity contribution < 1.29 is 4.79 Å². The first kappa shape index (κ1) is 15.6. The van der Waals surface area contributed by atoms with Crippen LogP contribution in [0.25, 0.3) is 10.1 Å². The minimum atomic E-state index is -0.0441. The summed E-state index contributed by atoms with van der Waals surface area (Å²) in [4.78, 5) is 19.8. The van der Waals surface area contributed by atoms with Gasteiger partial charge < -0.3 is 4.90 Å². The monoisotopic (exact) mass is 360 g/mol. The van der Waals surface area contributed by atoms with Crippen LogP contribution < -0.4 is 0 Å². The van der Waals surface area contributed by atoms with Crippen molar-refractivity contribution in [3.05, 3.63) is 46.3 Å². The first-order chi connectivity index (χ1) is 11.6. The number of benzene rings is 1. The van der Waals surface area contributed by atoms with E-state index in [1.807, 2.05) is 29.9 Å². The number of carbonyl (C=O) groups is 1. The Balaban J connectivity index is 1.50. The molecule has 0 aliphatic carbocycles. The van der Waals surface area contributed by atoms with E-state index in [9.17, 15) is 4.79 Å². The number of rotatable bonds is 3. The van der Waals surface area contributed by atoms with Crippen LogP contribution in [0.4, 0.5) is 0 Å². The Bertz CT molecular complexity index is 903. The van der Waals surface area contributed by atoms with Gasteiger partial charge in [-0.3, -0.25) is 4.79 Å². The number of amides is 1. The summed E-state index contributed by atoms with van der Waals surface area (Å²) >= 11 is 8.15. The normalized spacial score (nSPS) is 17.0. The van der Waals surface area contributed by atoms with E-state index in [0.29, 0.717) is 13.1 Å². The number of carbonyl (C=O) groups excluding carboxylic acids is 1. The van der Waals surface area contributed by atoms with Gasteiger partial charge in [-0.25, -0.2) is 9.67 Å². The van der Waals surface area contributed by atoms with Crippen molar-refractivity contribution in [2.45, 2.75) is 25.9 Å². The molecule has 124 valence electrons. The van der Waals surface area contributed by atoms with E-state index in [1.165, 1.54) is 0 Å². The molecular weight excluding hydrogens is 344 g/mol. The van der Waals surface area contributed by atoms with Gasteiger partial charge >= 0.3 is 0 Å². The summed E-state index contributed by atoms with van der Waals surface area (Å²) in [5, 5.41) is 6.01. The van der Waals surface area contributed by atoms with Gasteiger partial charge in [-0.1, -0.05) is 29.8 Å². The molecule has 0 saturated heterocycles. The standard InChI is InChI=1S/C17H17ClN4OS/c1-21(9-14-16(18)12-4-2-3-5-13(12)24-14)17(23)11-6-7-15-19-10-20-22(15)8-11/h2-5,10-11H,6-9H2,1H3. The maximum atomic E-state index is 12.8. The Morgan fingerprint density at radius 1 is 1.46 bits per heavy atom. The average molecular weight is 361 g/mol. The van der Waals surface area contributed by atoms with Crippen LogP contribution in [0.15, 0.2) is 30.6 Å². The van der Waals surface area contributed by atoms with Crippen LogP contribution in [-0.2, 0) is 24.3 Å². The van der Waals surface area contributed by atoms with Crippen molar-refractivity contribution in [1.29, 1.82) is 0 Å². The summed E-state index contributed by atoms with van der Waals surface area (Å²) in [7, 11) is 1.85. The molecule has 0 fully saturated rings. The number of aromatic nitrogens is 3. The number of aryl methyl sites for hydroxylation is 1. The van der Waals surface area contributed by atoms with Gasteiger partial charge in [0, 0.05) is 28.4 Å². The summed E-state index contributed by atoms with van der Waals surface area (Å²) < 4.78 is 3.00. The topological polar surface area (TPSA) is 51.0 Å². The third-order valence-corrected chi connectivity index (χ3v) is 6.21. The third kappa shape index (κ3) is 2.70. The van der Waals surface area contributed by atoms with Crippen molar-refractivity contribution in [2.24, 2.45) is 5.92 Å². The van der Waals surface area contributed by atoms with Gasteiger partial charge in [0.05, 0.1) is 24.0 Å². The average Bonchev–Trinajstić information content (AvgIpc) is 3.19. The Kier molecular flexibility index (Phi) is 4.02. The fourth-order valence-electron chi connectivity index (χ4n) is 3.21. The minimum absolute atomic E-state index is 0.0441. The fraction of sp³-hybridized carbons (Fsp3) is 0.353. The van der Waals surface area contributed by atoms with Gasteiger partial charge in [0.2, 0.25) is 5.91 Å². The molecule has 0 spiro atoms. The van der Waals surface area contributed by atoms with E-state index >= 15 is 0 Å². The zero-order valence-corrected chi connectivity index (χ0v) is 14.8. The highest BCUT2D eigenvalue weighted by molar-refractivity contribution is 7.19. The second-order valence-electron chi connectivity index (χ2n) is 6.12. The largest absolute Gasteiger partial charge is 0.340 e. The zero-order chi connectivity index (χ0) is 16.7. The summed E-state index contributed by atoms with van der Waals surface area (Å²) in [6.45, 7) is 1.15. The van der Waals surface area contributed by atoms with Gasteiger partial charge in [0.1, 0.15) is 12.2 Å². The maximum Gasteiger partial charge on any atom is 0.227 e. The van der Waals surface area contributed by atoms with Gasteiger partial charge in [0.25, 0.3) is 0 Å². The Labute approximate surface area is 148 Å². The van der Waals surface area contributed by atoms with E-state index < -0.39 is 0 Å². The molecule has 0 saturated carbocycles. The van der Waals surface area contributed by atoms with E-state index in [0.717, 1.165) is 38.7 Å². The van der Waals surface area contributed by atoms with Crippen LogP contribution in [0.5, 0.6) is 0 Å². The Morgan fingerprint density at radius 2 is 2.29 bits per heavy atom. The number of halogens is 1. The van der Waals surface area contributed by atoms with Gasteiger partial charge in [-0.2, -0.15) is 5.10 Å². The molecule has 7 heteroatoms. The first-order valence-electron chi connectivity index (χ1n) is 7.91. The summed E-state index contributed by atoms with van der Waals surface area (Å²) in [6.07, 6.45) is 3.18. The molecule has 4 rings (SSSR count). The van der Waals surface area contributed by atoms with Crippen LogP contribution >= 0.6 is 22.9 Å². The maximum absolute atomic E-state index is 12.8. The number of fused-ring (bicyclic) bond motifs is 2. The SMILES string of the molecule is CN(Cc1sc2ccccc2c1Cl)C(=O)C1CCc2ncnn2C1. The molecule has 1 amide bonds. The minimum Gasteiger partial charge on any atom is -0.340 e. The molecule has 1 unspecified atom stereocenters. The Morgan fingerprint density at radius 3 is 3.12 bits per heavy atom. The molecule has 0 radical (unpaired) electrons. The number of hydrogen-bond acceptors (Lipinski definition) is 4. The molecule has 3 aromatic rings. The summed E-state index contributed by atoms with van der Waals surface area (Å²) in [5.74, 6) is 1.07. The Hall–Kier alpha value is -1.92. The lowest BCUT2D eigenvalue weighted by atomic mass is 9.98. The lowest BCUT2D eigenvalue weighted by Crippen LogP contribution is -2.37. The van der Waals surface area contributed by atoms with Gasteiger partial charge in [0.15, 0.2) is 0 Å². The quantitative estimate of drug-likeness (QED) is 0.719. The van der Waals surface area contributed by atoms with Crippen molar-refractivity contribution in [3.8, 4) is 0 Å².